The molecule has 0 radical (unpaired) electrons. The van der Waals surface area contributed by atoms with Crippen LogP contribution in [0.1, 0.15) is 27.4 Å². The van der Waals surface area contributed by atoms with E-state index in [0.717, 1.165) is 17.0 Å². The molecule has 0 bridgehead atoms. The van der Waals surface area contributed by atoms with Gasteiger partial charge in [0.05, 0.1) is 17.5 Å². The Morgan fingerprint density at radius 2 is 2.28 bits per heavy atom. The minimum Gasteiger partial charge on any atom is -0.361 e. The molecule has 3 aromatic rings. The van der Waals surface area contributed by atoms with Crippen molar-refractivity contribution < 1.29 is 9.32 Å². The van der Waals surface area contributed by atoms with Crippen molar-refractivity contribution in [1.29, 1.82) is 0 Å². The van der Waals surface area contributed by atoms with Crippen molar-refractivity contribution in [2.24, 2.45) is 7.05 Å². The highest BCUT2D eigenvalue weighted by Gasteiger charge is 2.18. The summed E-state index contributed by atoms with van der Waals surface area (Å²) in [4.78, 5) is 18.8. The van der Waals surface area contributed by atoms with E-state index in [4.69, 9.17) is 4.52 Å². The van der Waals surface area contributed by atoms with Crippen LogP contribution in [0.15, 0.2) is 46.3 Å². The van der Waals surface area contributed by atoms with Crippen molar-refractivity contribution in [1.82, 2.24) is 24.8 Å². The maximum atomic E-state index is 12.8. The highest BCUT2D eigenvalue weighted by atomic mass is 32.2. The van der Waals surface area contributed by atoms with E-state index in [0.29, 0.717) is 22.9 Å². The normalized spacial score (nSPS) is 10.8. The third kappa shape index (κ3) is 4.27. The number of aromatic nitrogens is 4. The molecule has 0 aromatic carbocycles. The average Bonchev–Trinajstić information content (AvgIpc) is 3.20. The summed E-state index contributed by atoms with van der Waals surface area (Å²) in [5, 5.41) is 8.79. The SMILES string of the molecule is Cc1cc(CSc2ncccc2C(=O)N(C)Cc2cnn(C)c2)no1. The van der Waals surface area contributed by atoms with Gasteiger partial charge in [-0.2, -0.15) is 5.10 Å². The van der Waals surface area contributed by atoms with E-state index in [1.54, 1.807) is 41.2 Å². The third-order valence-electron chi connectivity index (χ3n) is 3.56. The molecule has 0 N–H and O–H groups in total. The Morgan fingerprint density at radius 3 is 2.96 bits per heavy atom. The van der Waals surface area contributed by atoms with Crippen LogP contribution in [0.5, 0.6) is 0 Å². The molecular weight excluding hydrogens is 338 g/mol. The number of hydrogen-bond acceptors (Lipinski definition) is 6. The van der Waals surface area contributed by atoms with E-state index < -0.39 is 0 Å². The fourth-order valence-corrected chi connectivity index (χ4v) is 3.27. The van der Waals surface area contributed by atoms with Gasteiger partial charge in [0.25, 0.3) is 5.91 Å². The van der Waals surface area contributed by atoms with Crippen LogP contribution >= 0.6 is 11.8 Å². The van der Waals surface area contributed by atoms with Gasteiger partial charge in [-0.1, -0.05) is 16.9 Å². The number of carbonyl (C=O) groups excluding carboxylic acids is 1. The molecular formula is C17H19N5O2S. The van der Waals surface area contributed by atoms with E-state index in [-0.39, 0.29) is 5.91 Å². The van der Waals surface area contributed by atoms with E-state index >= 15 is 0 Å². The lowest BCUT2D eigenvalue weighted by Crippen LogP contribution is -2.26. The van der Waals surface area contributed by atoms with Crippen LogP contribution in [0.4, 0.5) is 0 Å². The molecule has 1 amide bonds. The Bertz CT molecular complexity index is 873. The van der Waals surface area contributed by atoms with Gasteiger partial charge < -0.3 is 9.42 Å². The van der Waals surface area contributed by atoms with Gasteiger partial charge in [0.15, 0.2) is 0 Å². The van der Waals surface area contributed by atoms with Gasteiger partial charge in [-0.3, -0.25) is 9.48 Å². The Hall–Kier alpha value is -2.61. The van der Waals surface area contributed by atoms with E-state index in [9.17, 15) is 4.79 Å². The molecule has 0 saturated carbocycles. The van der Waals surface area contributed by atoms with Gasteiger partial charge in [-0.15, -0.1) is 0 Å². The molecule has 0 fully saturated rings. The largest absolute Gasteiger partial charge is 0.361 e. The summed E-state index contributed by atoms with van der Waals surface area (Å²) in [6, 6.07) is 5.45. The zero-order chi connectivity index (χ0) is 17.8. The molecule has 0 atom stereocenters. The second kappa shape index (κ2) is 7.52. The monoisotopic (exact) mass is 357 g/mol. The minimum atomic E-state index is -0.0733. The summed E-state index contributed by atoms with van der Waals surface area (Å²) in [5.74, 6) is 1.29. The molecule has 130 valence electrons. The van der Waals surface area contributed by atoms with Crippen LogP contribution in [0.3, 0.4) is 0 Å². The molecule has 0 aliphatic heterocycles. The van der Waals surface area contributed by atoms with Crippen molar-refractivity contribution in [2.45, 2.75) is 24.2 Å². The first kappa shape index (κ1) is 17.2. The Balaban J connectivity index is 1.71. The van der Waals surface area contributed by atoms with Crippen LogP contribution in [0.2, 0.25) is 0 Å². The molecule has 3 aromatic heterocycles. The van der Waals surface area contributed by atoms with E-state index in [1.165, 1.54) is 11.8 Å². The summed E-state index contributed by atoms with van der Waals surface area (Å²) >= 11 is 1.47. The lowest BCUT2D eigenvalue weighted by Gasteiger charge is -2.17. The first-order chi connectivity index (χ1) is 12.0. The van der Waals surface area contributed by atoms with Crippen molar-refractivity contribution in [2.75, 3.05) is 7.05 Å². The molecule has 7 nitrogen and oxygen atoms in total. The van der Waals surface area contributed by atoms with Gasteiger partial charge in [0.2, 0.25) is 0 Å². The standard InChI is InChI=1S/C17H19N5O2S/c1-12-7-14(20-24-12)11-25-16-15(5-4-6-18-16)17(23)21(2)9-13-8-19-22(3)10-13/h4-8,10H,9,11H2,1-3H3. The fraction of sp³-hybridized carbons (Fsp3) is 0.294. The van der Waals surface area contributed by atoms with Gasteiger partial charge in [0.1, 0.15) is 10.8 Å². The maximum absolute atomic E-state index is 12.8. The highest BCUT2D eigenvalue weighted by Crippen LogP contribution is 2.25. The fourth-order valence-electron chi connectivity index (χ4n) is 2.40. The number of rotatable bonds is 6. The van der Waals surface area contributed by atoms with Gasteiger partial charge in [-0.25, -0.2) is 4.98 Å². The lowest BCUT2D eigenvalue weighted by atomic mass is 10.2. The van der Waals surface area contributed by atoms with Crippen LogP contribution in [0, 0.1) is 6.92 Å². The summed E-state index contributed by atoms with van der Waals surface area (Å²) in [6.07, 6.45) is 5.35. The molecule has 0 unspecified atom stereocenters. The van der Waals surface area contributed by atoms with Crippen molar-refractivity contribution in [3.8, 4) is 0 Å². The van der Waals surface area contributed by atoms with E-state index in [2.05, 4.69) is 15.2 Å². The van der Waals surface area contributed by atoms with Crippen LogP contribution in [-0.4, -0.2) is 37.8 Å². The summed E-state index contributed by atoms with van der Waals surface area (Å²) in [7, 11) is 3.63. The Morgan fingerprint density at radius 1 is 1.44 bits per heavy atom. The quantitative estimate of drug-likeness (QED) is 0.631. The molecule has 3 rings (SSSR count). The molecule has 25 heavy (non-hydrogen) atoms. The van der Waals surface area contributed by atoms with E-state index in [1.807, 2.05) is 26.2 Å². The van der Waals surface area contributed by atoms with Gasteiger partial charge in [-0.05, 0) is 19.1 Å². The number of hydrogen-bond donors (Lipinski definition) is 0. The topological polar surface area (TPSA) is 77.1 Å². The molecule has 0 aliphatic rings. The third-order valence-corrected chi connectivity index (χ3v) is 4.60. The molecule has 0 spiro atoms. The maximum Gasteiger partial charge on any atom is 0.256 e. The summed E-state index contributed by atoms with van der Waals surface area (Å²) in [5.41, 5.74) is 2.39. The molecule has 3 heterocycles. The zero-order valence-corrected chi connectivity index (χ0v) is 15.2. The minimum absolute atomic E-state index is 0.0733. The van der Waals surface area contributed by atoms with Gasteiger partial charge >= 0.3 is 0 Å². The number of amides is 1. The predicted molar refractivity (Wildman–Crippen MR) is 94.0 cm³/mol. The number of carbonyl (C=O) groups is 1. The molecule has 0 saturated heterocycles. The number of pyridine rings is 1. The highest BCUT2D eigenvalue weighted by molar-refractivity contribution is 7.98. The number of thioether (sulfide) groups is 1. The summed E-state index contributed by atoms with van der Waals surface area (Å²) in [6.45, 7) is 2.35. The number of aryl methyl sites for hydroxylation is 2. The van der Waals surface area contributed by atoms with Crippen LogP contribution in [-0.2, 0) is 19.3 Å². The second-order valence-corrected chi connectivity index (χ2v) is 6.72. The second-order valence-electron chi connectivity index (χ2n) is 5.76. The Labute approximate surface area is 150 Å². The first-order valence-electron chi connectivity index (χ1n) is 7.76. The lowest BCUT2D eigenvalue weighted by molar-refractivity contribution is 0.0781. The smallest absolute Gasteiger partial charge is 0.256 e. The van der Waals surface area contributed by atoms with Crippen molar-refractivity contribution >= 4 is 17.7 Å². The van der Waals surface area contributed by atoms with Crippen molar-refractivity contribution in [3.05, 3.63) is 59.4 Å². The molecule has 0 aliphatic carbocycles. The number of nitrogens with zero attached hydrogens (tertiary/aromatic N) is 5. The van der Waals surface area contributed by atoms with Crippen molar-refractivity contribution in [3.63, 3.8) is 0 Å². The first-order valence-corrected chi connectivity index (χ1v) is 8.74. The van der Waals surface area contributed by atoms with Gasteiger partial charge in [0, 0.05) is 50.4 Å². The Kier molecular flexibility index (Phi) is 5.18. The van der Waals surface area contributed by atoms with Crippen LogP contribution < -0.4 is 0 Å². The van der Waals surface area contributed by atoms with Crippen LogP contribution in [0.25, 0.3) is 0 Å². The molecule has 8 heteroatoms. The predicted octanol–water partition coefficient (Wildman–Crippen LogP) is 2.68. The zero-order valence-electron chi connectivity index (χ0n) is 14.3. The summed E-state index contributed by atoms with van der Waals surface area (Å²) < 4.78 is 6.79. The average molecular weight is 357 g/mol.